The lowest BCUT2D eigenvalue weighted by Crippen LogP contribution is -2.42. The molecule has 152 valence electrons. The number of Topliss-reactive ketones (excluding diaryl/α,β-unsaturated/α-hetero) is 1. The van der Waals surface area contributed by atoms with Crippen molar-refractivity contribution in [1.29, 1.82) is 0 Å². The maximum absolute atomic E-state index is 11.5. The standard InChI is InChI=1S/C12H25NO2.C11H12O/c1-5-7-8-9-13-11(10(3)6-2)12(14)15-4;1-2-8-3-4-9-5-6-11(12)10(9)7-8/h10-11,13H,5-9H2,1-4H3;3-4,7H,2,5-6H2,1H3. The first-order valence-corrected chi connectivity index (χ1v) is 10.4. The molecule has 4 nitrogen and oxygen atoms in total. The topological polar surface area (TPSA) is 55.4 Å². The van der Waals surface area contributed by atoms with E-state index in [0.717, 1.165) is 37.8 Å². The van der Waals surface area contributed by atoms with Crippen LogP contribution in [-0.4, -0.2) is 31.4 Å². The number of carbonyl (C=O) groups excluding carboxylic acids is 2. The van der Waals surface area contributed by atoms with Crippen LogP contribution in [0.25, 0.3) is 0 Å². The van der Waals surface area contributed by atoms with E-state index in [2.05, 4.69) is 45.1 Å². The molecular weight excluding hydrogens is 338 g/mol. The number of ether oxygens (including phenoxy) is 1. The van der Waals surface area contributed by atoms with E-state index in [1.165, 1.54) is 31.1 Å². The molecule has 1 N–H and O–H groups in total. The molecule has 1 aliphatic carbocycles. The van der Waals surface area contributed by atoms with Gasteiger partial charge in [0.25, 0.3) is 0 Å². The molecule has 0 aliphatic heterocycles. The Morgan fingerprint density at radius 2 is 1.93 bits per heavy atom. The quantitative estimate of drug-likeness (QED) is 0.501. The minimum Gasteiger partial charge on any atom is -0.468 e. The van der Waals surface area contributed by atoms with Gasteiger partial charge in [0, 0.05) is 12.0 Å². The van der Waals surface area contributed by atoms with Gasteiger partial charge in [0.15, 0.2) is 5.78 Å². The third-order valence-electron chi connectivity index (χ3n) is 5.32. The zero-order valence-electron chi connectivity index (χ0n) is 17.8. The molecular formula is C23H37NO3. The second-order valence-electron chi connectivity index (χ2n) is 7.32. The summed E-state index contributed by atoms with van der Waals surface area (Å²) in [7, 11) is 1.45. The molecule has 0 saturated heterocycles. The van der Waals surface area contributed by atoms with Gasteiger partial charge < -0.3 is 10.1 Å². The first-order valence-electron chi connectivity index (χ1n) is 10.4. The van der Waals surface area contributed by atoms with Crippen molar-refractivity contribution in [2.45, 2.75) is 78.7 Å². The number of esters is 1. The zero-order valence-corrected chi connectivity index (χ0v) is 17.8. The highest BCUT2D eigenvalue weighted by Gasteiger charge is 2.23. The van der Waals surface area contributed by atoms with Gasteiger partial charge in [0.05, 0.1) is 7.11 Å². The average molecular weight is 376 g/mol. The lowest BCUT2D eigenvalue weighted by atomic mass is 9.99. The minimum atomic E-state index is -0.142. The maximum Gasteiger partial charge on any atom is 0.323 e. The fourth-order valence-corrected chi connectivity index (χ4v) is 3.22. The van der Waals surface area contributed by atoms with Gasteiger partial charge in [-0.15, -0.1) is 0 Å². The number of hydrogen-bond acceptors (Lipinski definition) is 4. The van der Waals surface area contributed by atoms with Gasteiger partial charge in [-0.1, -0.05) is 59.1 Å². The SMILES string of the molecule is CCCCCNC(C(=O)OC)C(C)CC.CCc1ccc2c(c1)C(=O)CC2. The number of hydrogen-bond donors (Lipinski definition) is 1. The Hall–Kier alpha value is -1.68. The van der Waals surface area contributed by atoms with Crippen molar-refractivity contribution in [3.63, 3.8) is 0 Å². The summed E-state index contributed by atoms with van der Waals surface area (Å²) >= 11 is 0. The molecule has 0 saturated carbocycles. The van der Waals surface area contributed by atoms with Crippen molar-refractivity contribution in [2.24, 2.45) is 5.92 Å². The minimum absolute atomic E-state index is 0.138. The van der Waals surface area contributed by atoms with Crippen molar-refractivity contribution in [2.75, 3.05) is 13.7 Å². The van der Waals surface area contributed by atoms with Crippen LogP contribution < -0.4 is 5.32 Å². The maximum atomic E-state index is 11.5. The van der Waals surface area contributed by atoms with Crippen LogP contribution in [0, 0.1) is 5.92 Å². The Labute approximate surface area is 165 Å². The largest absolute Gasteiger partial charge is 0.468 e. The summed E-state index contributed by atoms with van der Waals surface area (Å²) in [5, 5.41) is 3.28. The van der Waals surface area contributed by atoms with E-state index in [1.807, 2.05) is 6.07 Å². The smallest absolute Gasteiger partial charge is 0.323 e. The number of aryl methyl sites for hydroxylation is 2. The van der Waals surface area contributed by atoms with Crippen LogP contribution in [0.2, 0.25) is 0 Å². The van der Waals surface area contributed by atoms with Crippen molar-refractivity contribution < 1.29 is 14.3 Å². The number of rotatable bonds is 9. The Balaban J connectivity index is 0.000000274. The van der Waals surface area contributed by atoms with Crippen molar-refractivity contribution in [3.8, 4) is 0 Å². The van der Waals surface area contributed by atoms with Crippen LogP contribution in [0.5, 0.6) is 0 Å². The van der Waals surface area contributed by atoms with E-state index in [0.29, 0.717) is 18.1 Å². The predicted octanol–water partition coefficient (Wildman–Crippen LogP) is 4.73. The summed E-state index contributed by atoms with van der Waals surface area (Å²) in [6, 6.07) is 6.12. The summed E-state index contributed by atoms with van der Waals surface area (Å²) in [5.74, 6) is 0.514. The molecule has 0 amide bonds. The number of unbranched alkanes of at least 4 members (excludes halogenated alkanes) is 2. The Kier molecular flexibility index (Phi) is 11.0. The summed E-state index contributed by atoms with van der Waals surface area (Å²) < 4.78 is 4.79. The van der Waals surface area contributed by atoms with Gasteiger partial charge in [-0.25, -0.2) is 0 Å². The Morgan fingerprint density at radius 1 is 1.19 bits per heavy atom. The van der Waals surface area contributed by atoms with Gasteiger partial charge in [-0.2, -0.15) is 0 Å². The number of nitrogens with one attached hydrogen (secondary N) is 1. The lowest BCUT2D eigenvalue weighted by molar-refractivity contribution is -0.144. The molecule has 4 heteroatoms. The predicted molar refractivity (Wildman–Crippen MR) is 111 cm³/mol. The highest BCUT2D eigenvalue weighted by atomic mass is 16.5. The molecule has 0 spiro atoms. The highest BCUT2D eigenvalue weighted by molar-refractivity contribution is 6.00. The summed E-state index contributed by atoms with van der Waals surface area (Å²) in [6.45, 7) is 9.36. The summed E-state index contributed by atoms with van der Waals surface area (Å²) in [5.41, 5.74) is 3.47. The van der Waals surface area contributed by atoms with Crippen molar-refractivity contribution in [1.82, 2.24) is 5.32 Å². The molecule has 0 aromatic heterocycles. The van der Waals surface area contributed by atoms with E-state index in [-0.39, 0.29) is 12.0 Å². The number of fused-ring (bicyclic) bond motifs is 1. The number of methoxy groups -OCH3 is 1. The number of benzene rings is 1. The second-order valence-corrected chi connectivity index (χ2v) is 7.32. The second kappa shape index (κ2) is 12.7. The van der Waals surface area contributed by atoms with E-state index in [9.17, 15) is 9.59 Å². The Bertz CT molecular complexity index is 597. The summed E-state index contributed by atoms with van der Waals surface area (Å²) in [4.78, 5) is 22.8. The van der Waals surface area contributed by atoms with Crippen LogP contribution in [0.1, 0.15) is 81.3 Å². The van der Waals surface area contributed by atoms with E-state index in [1.54, 1.807) is 0 Å². The number of carbonyl (C=O) groups is 2. The van der Waals surface area contributed by atoms with Gasteiger partial charge in [0.2, 0.25) is 0 Å². The molecule has 0 bridgehead atoms. The Morgan fingerprint density at radius 3 is 2.52 bits per heavy atom. The van der Waals surface area contributed by atoms with Gasteiger partial charge >= 0.3 is 5.97 Å². The van der Waals surface area contributed by atoms with Crippen molar-refractivity contribution >= 4 is 11.8 Å². The van der Waals surface area contributed by atoms with E-state index >= 15 is 0 Å². The lowest BCUT2D eigenvalue weighted by Gasteiger charge is -2.21. The molecule has 2 atom stereocenters. The van der Waals surface area contributed by atoms with Crippen LogP contribution in [0.15, 0.2) is 18.2 Å². The molecule has 2 rings (SSSR count). The molecule has 1 aromatic rings. The van der Waals surface area contributed by atoms with Crippen LogP contribution in [0.3, 0.4) is 0 Å². The molecule has 27 heavy (non-hydrogen) atoms. The third-order valence-corrected chi connectivity index (χ3v) is 5.32. The molecule has 1 aromatic carbocycles. The summed E-state index contributed by atoms with van der Waals surface area (Å²) in [6.07, 6.45) is 7.19. The van der Waals surface area contributed by atoms with E-state index in [4.69, 9.17) is 4.74 Å². The van der Waals surface area contributed by atoms with Crippen LogP contribution in [-0.2, 0) is 22.4 Å². The average Bonchev–Trinajstić information content (AvgIpc) is 3.07. The van der Waals surface area contributed by atoms with Gasteiger partial charge in [0.1, 0.15) is 6.04 Å². The fraction of sp³-hybridized carbons (Fsp3) is 0.652. The zero-order chi connectivity index (χ0) is 20.2. The highest BCUT2D eigenvalue weighted by Crippen LogP contribution is 2.22. The van der Waals surface area contributed by atoms with Crippen LogP contribution in [0.4, 0.5) is 0 Å². The van der Waals surface area contributed by atoms with Crippen molar-refractivity contribution in [3.05, 3.63) is 34.9 Å². The number of ketones is 1. The first kappa shape index (κ1) is 23.4. The van der Waals surface area contributed by atoms with Crippen LogP contribution >= 0.6 is 0 Å². The van der Waals surface area contributed by atoms with Gasteiger partial charge in [-0.3, -0.25) is 9.59 Å². The monoisotopic (exact) mass is 375 g/mol. The molecule has 2 unspecified atom stereocenters. The first-order chi connectivity index (χ1) is 13.0. The van der Waals surface area contributed by atoms with Gasteiger partial charge in [-0.05, 0) is 48.9 Å². The van der Waals surface area contributed by atoms with E-state index < -0.39 is 0 Å². The molecule has 0 radical (unpaired) electrons. The normalized spacial score (nSPS) is 14.8. The molecule has 0 heterocycles. The third kappa shape index (κ3) is 7.45. The molecule has 1 aliphatic rings. The fourth-order valence-electron chi connectivity index (χ4n) is 3.22. The molecule has 0 fully saturated rings.